The van der Waals surface area contributed by atoms with Crippen molar-refractivity contribution in [1.82, 2.24) is 4.31 Å². The number of carbonyl (C=O) groups is 1. The molecule has 0 spiro atoms. The normalized spacial score (nSPS) is 15.2. The maximum atomic E-state index is 12.6. The monoisotopic (exact) mass is 488 g/mol. The molecule has 10 heteroatoms. The summed E-state index contributed by atoms with van der Waals surface area (Å²) in [6.45, 7) is 1.20. The maximum absolute atomic E-state index is 12.6. The van der Waals surface area contributed by atoms with Gasteiger partial charge in [0.05, 0.1) is 23.1 Å². The summed E-state index contributed by atoms with van der Waals surface area (Å²) in [7, 11) is -3.56. The van der Waals surface area contributed by atoms with E-state index in [9.17, 15) is 13.2 Å². The Morgan fingerprint density at radius 3 is 2.50 bits per heavy atom. The molecule has 150 valence electrons. The number of morpholine rings is 1. The topological polar surface area (TPSA) is 84.9 Å². The average Bonchev–Trinajstić information content (AvgIpc) is 2.68. The van der Waals surface area contributed by atoms with Crippen LogP contribution in [0.5, 0.6) is 5.75 Å². The highest BCUT2D eigenvalue weighted by Gasteiger charge is 2.26. The second-order valence-electron chi connectivity index (χ2n) is 5.95. The van der Waals surface area contributed by atoms with Crippen LogP contribution in [0.25, 0.3) is 0 Å². The van der Waals surface area contributed by atoms with Gasteiger partial charge in [0, 0.05) is 23.2 Å². The number of hydrogen-bond acceptors (Lipinski definition) is 5. The number of rotatable bonds is 6. The highest BCUT2D eigenvalue weighted by atomic mass is 79.9. The number of nitrogens with one attached hydrogen (secondary N) is 1. The SMILES string of the molecule is O=C(COc1ccc(Br)cc1Cl)Nc1ccc(S(=O)(=O)N2CCOCC2)cc1. The van der Waals surface area contributed by atoms with Gasteiger partial charge >= 0.3 is 0 Å². The molecule has 2 aromatic rings. The molecule has 0 unspecified atom stereocenters. The molecule has 0 saturated carbocycles. The molecule has 1 N–H and O–H groups in total. The standard InChI is InChI=1S/C18H18BrClN2O5S/c19-13-1-6-17(16(20)11-13)27-12-18(23)21-14-2-4-15(5-3-14)28(24,25)22-7-9-26-10-8-22/h1-6,11H,7-10,12H2,(H,21,23). The van der Waals surface area contributed by atoms with Gasteiger partial charge in [0.15, 0.2) is 6.61 Å². The summed E-state index contributed by atoms with van der Waals surface area (Å²) in [5, 5.41) is 3.05. The molecule has 7 nitrogen and oxygen atoms in total. The molecule has 1 fully saturated rings. The Bertz CT molecular complexity index is 947. The second-order valence-corrected chi connectivity index (χ2v) is 9.21. The van der Waals surface area contributed by atoms with Crippen LogP contribution in [-0.2, 0) is 19.6 Å². The molecule has 0 atom stereocenters. The first-order chi connectivity index (χ1) is 13.4. The van der Waals surface area contributed by atoms with E-state index in [2.05, 4.69) is 21.2 Å². The van der Waals surface area contributed by atoms with Crippen molar-refractivity contribution in [1.29, 1.82) is 0 Å². The van der Waals surface area contributed by atoms with Crippen LogP contribution in [-0.4, -0.2) is 51.5 Å². The Balaban J connectivity index is 1.58. The van der Waals surface area contributed by atoms with Crippen molar-refractivity contribution >= 4 is 49.1 Å². The first-order valence-corrected chi connectivity index (χ1v) is 11.0. The van der Waals surface area contributed by atoms with E-state index in [4.69, 9.17) is 21.1 Å². The summed E-state index contributed by atoms with van der Waals surface area (Å²) in [6.07, 6.45) is 0. The van der Waals surface area contributed by atoms with Gasteiger partial charge in [-0.15, -0.1) is 0 Å². The first-order valence-electron chi connectivity index (χ1n) is 8.42. The number of sulfonamides is 1. The fraction of sp³-hybridized carbons (Fsp3) is 0.278. The van der Waals surface area contributed by atoms with Crippen LogP contribution in [0.15, 0.2) is 51.8 Å². The molecule has 0 aromatic heterocycles. The van der Waals surface area contributed by atoms with Crippen molar-refractivity contribution in [3.8, 4) is 5.75 Å². The van der Waals surface area contributed by atoms with E-state index in [1.165, 1.54) is 28.6 Å². The molecule has 0 bridgehead atoms. The third-order valence-corrected chi connectivity index (χ3v) is 6.70. The molecule has 3 rings (SSSR count). The van der Waals surface area contributed by atoms with Crippen LogP contribution in [0.4, 0.5) is 5.69 Å². The number of anilines is 1. The van der Waals surface area contributed by atoms with Gasteiger partial charge in [0.2, 0.25) is 10.0 Å². The lowest BCUT2D eigenvalue weighted by molar-refractivity contribution is -0.118. The van der Waals surface area contributed by atoms with Gasteiger partial charge < -0.3 is 14.8 Å². The number of carbonyl (C=O) groups excluding carboxylic acids is 1. The van der Waals surface area contributed by atoms with Gasteiger partial charge in [-0.3, -0.25) is 4.79 Å². The van der Waals surface area contributed by atoms with E-state index in [0.717, 1.165) is 4.47 Å². The van der Waals surface area contributed by atoms with E-state index < -0.39 is 10.0 Å². The van der Waals surface area contributed by atoms with Crippen LogP contribution in [0, 0.1) is 0 Å². The van der Waals surface area contributed by atoms with Gasteiger partial charge in [-0.1, -0.05) is 27.5 Å². The molecule has 28 heavy (non-hydrogen) atoms. The third-order valence-electron chi connectivity index (χ3n) is 4.00. The largest absolute Gasteiger partial charge is 0.482 e. The number of ether oxygens (including phenoxy) is 2. The quantitative estimate of drug-likeness (QED) is 0.674. The van der Waals surface area contributed by atoms with Gasteiger partial charge in [0.25, 0.3) is 5.91 Å². The van der Waals surface area contributed by atoms with Gasteiger partial charge in [-0.2, -0.15) is 4.31 Å². The molecule has 1 aliphatic heterocycles. The van der Waals surface area contributed by atoms with Gasteiger partial charge in [-0.25, -0.2) is 8.42 Å². The van der Waals surface area contributed by atoms with Crippen LogP contribution < -0.4 is 10.1 Å². The summed E-state index contributed by atoms with van der Waals surface area (Å²) >= 11 is 9.34. The number of halogens is 2. The number of hydrogen-bond donors (Lipinski definition) is 1. The fourth-order valence-electron chi connectivity index (χ4n) is 2.58. The van der Waals surface area contributed by atoms with Gasteiger partial charge in [0.1, 0.15) is 5.75 Å². The Labute approximate surface area is 176 Å². The summed E-state index contributed by atoms with van der Waals surface area (Å²) in [5.74, 6) is 0.00902. The number of amides is 1. The third kappa shape index (κ3) is 5.24. The van der Waals surface area contributed by atoms with Crippen LogP contribution in [0.3, 0.4) is 0 Å². The van der Waals surface area contributed by atoms with Crippen molar-refractivity contribution in [2.24, 2.45) is 0 Å². The Hall–Kier alpha value is -1.65. The number of nitrogens with zero attached hydrogens (tertiary/aromatic N) is 1. The predicted octanol–water partition coefficient (Wildman–Crippen LogP) is 3.14. The zero-order valence-corrected chi connectivity index (χ0v) is 17.9. The summed E-state index contributed by atoms with van der Waals surface area (Å²) < 4.78 is 38.0. The molecular weight excluding hydrogens is 472 g/mol. The first kappa shape index (κ1) is 21.1. The molecule has 2 aromatic carbocycles. The lowest BCUT2D eigenvalue weighted by Gasteiger charge is -2.26. The minimum absolute atomic E-state index is 0.172. The molecule has 1 aliphatic rings. The van der Waals surface area contributed by atoms with Crippen LogP contribution >= 0.6 is 27.5 Å². The van der Waals surface area contributed by atoms with Crippen LogP contribution in [0.1, 0.15) is 0 Å². The predicted molar refractivity (Wildman–Crippen MR) is 109 cm³/mol. The average molecular weight is 490 g/mol. The maximum Gasteiger partial charge on any atom is 0.262 e. The highest BCUT2D eigenvalue weighted by Crippen LogP contribution is 2.27. The fourth-order valence-corrected chi connectivity index (χ4v) is 4.71. The smallest absolute Gasteiger partial charge is 0.262 e. The van der Waals surface area contributed by atoms with E-state index in [1.54, 1.807) is 18.2 Å². The van der Waals surface area contributed by atoms with Crippen LogP contribution in [0.2, 0.25) is 5.02 Å². The Kier molecular flexibility index (Phi) is 6.95. The van der Waals surface area contributed by atoms with E-state index in [-0.39, 0.29) is 17.4 Å². The molecule has 0 radical (unpaired) electrons. The molecule has 1 heterocycles. The van der Waals surface area contributed by atoms with Crippen molar-refractivity contribution in [3.05, 3.63) is 52.0 Å². The van der Waals surface area contributed by atoms with E-state index >= 15 is 0 Å². The molecule has 1 saturated heterocycles. The minimum Gasteiger partial charge on any atom is -0.482 e. The summed E-state index contributed by atoms with van der Waals surface area (Å²) in [5.41, 5.74) is 0.469. The zero-order valence-electron chi connectivity index (χ0n) is 14.7. The summed E-state index contributed by atoms with van der Waals surface area (Å²) in [6, 6.07) is 11.1. The van der Waals surface area contributed by atoms with Crippen molar-refractivity contribution in [3.63, 3.8) is 0 Å². The van der Waals surface area contributed by atoms with Crippen molar-refractivity contribution in [2.75, 3.05) is 38.2 Å². The number of benzene rings is 2. The van der Waals surface area contributed by atoms with E-state index in [1.807, 2.05) is 0 Å². The lowest BCUT2D eigenvalue weighted by atomic mass is 10.3. The van der Waals surface area contributed by atoms with Crippen molar-refractivity contribution < 1.29 is 22.7 Å². The molecular formula is C18H18BrClN2O5S. The van der Waals surface area contributed by atoms with Gasteiger partial charge in [-0.05, 0) is 42.5 Å². The molecule has 1 amide bonds. The Morgan fingerprint density at radius 2 is 1.86 bits per heavy atom. The second kappa shape index (κ2) is 9.23. The highest BCUT2D eigenvalue weighted by molar-refractivity contribution is 9.10. The lowest BCUT2D eigenvalue weighted by Crippen LogP contribution is -2.40. The van der Waals surface area contributed by atoms with Crippen molar-refractivity contribution in [2.45, 2.75) is 4.90 Å². The summed E-state index contributed by atoms with van der Waals surface area (Å²) in [4.78, 5) is 12.2. The Morgan fingerprint density at radius 1 is 1.18 bits per heavy atom. The molecule has 0 aliphatic carbocycles. The minimum atomic E-state index is -3.56. The van der Waals surface area contributed by atoms with E-state index in [0.29, 0.717) is 42.8 Å². The zero-order chi connectivity index (χ0) is 20.1.